The molecule has 0 bridgehead atoms. The van der Waals surface area contributed by atoms with Gasteiger partial charge in [0.15, 0.2) is 18.5 Å². The van der Waals surface area contributed by atoms with Crippen LogP contribution in [0.5, 0.6) is 0 Å². The third kappa shape index (κ3) is 5.59. The van der Waals surface area contributed by atoms with Crippen LogP contribution in [-0.4, -0.2) is 47.6 Å². The van der Waals surface area contributed by atoms with Gasteiger partial charge in [-0.3, -0.25) is 0 Å². The van der Waals surface area contributed by atoms with Crippen molar-refractivity contribution in [3.63, 3.8) is 0 Å². The molecule has 8 heteroatoms. The van der Waals surface area contributed by atoms with Crippen LogP contribution in [0.3, 0.4) is 0 Å². The maximum Gasteiger partial charge on any atom is 0.378 e. The maximum atomic E-state index is 12.2. The van der Waals surface area contributed by atoms with E-state index in [-0.39, 0.29) is 24.7 Å². The molecule has 30 heavy (non-hydrogen) atoms. The van der Waals surface area contributed by atoms with Gasteiger partial charge in [-0.2, -0.15) is 0 Å². The first-order valence-corrected chi connectivity index (χ1v) is 9.31. The number of aliphatic hydroxyl groups excluding tert-OH is 2. The van der Waals surface area contributed by atoms with Gasteiger partial charge < -0.3 is 29.2 Å². The Labute approximate surface area is 173 Å². The molecule has 2 aromatic rings. The van der Waals surface area contributed by atoms with Crippen LogP contribution in [0.1, 0.15) is 11.1 Å². The summed E-state index contributed by atoms with van der Waals surface area (Å²) in [6.07, 6.45) is -2.63. The van der Waals surface area contributed by atoms with Crippen LogP contribution < -0.4 is 0 Å². The zero-order chi connectivity index (χ0) is 21.3. The smallest absolute Gasteiger partial charge is 0.378 e. The Morgan fingerprint density at radius 1 is 0.967 bits per heavy atom. The number of carbonyl (C=O) groups is 2. The normalized spacial score (nSPS) is 16.7. The summed E-state index contributed by atoms with van der Waals surface area (Å²) in [6.45, 7) is -1.05. The molecule has 2 atom stereocenters. The SMILES string of the molecule is O=C(COC1=C(OCc2ccccc2)[C@@H]([C@@H](O)CO)OC1=O)OCc1ccccc1. The quantitative estimate of drug-likeness (QED) is 0.562. The fraction of sp³-hybridized carbons (Fsp3) is 0.273. The number of ether oxygens (including phenoxy) is 4. The zero-order valence-electron chi connectivity index (χ0n) is 16.1. The first kappa shape index (κ1) is 21.4. The average molecular weight is 414 g/mol. The molecule has 8 nitrogen and oxygen atoms in total. The number of cyclic esters (lactones) is 1. The lowest BCUT2D eigenvalue weighted by Crippen LogP contribution is -2.32. The van der Waals surface area contributed by atoms with Crippen LogP contribution in [0.15, 0.2) is 72.2 Å². The third-order valence-corrected chi connectivity index (χ3v) is 4.25. The van der Waals surface area contributed by atoms with E-state index >= 15 is 0 Å². The molecule has 2 N–H and O–H groups in total. The van der Waals surface area contributed by atoms with Gasteiger partial charge in [0.25, 0.3) is 0 Å². The minimum atomic E-state index is -1.40. The largest absolute Gasteiger partial charge is 0.485 e. The molecule has 0 radical (unpaired) electrons. The van der Waals surface area contributed by atoms with E-state index in [1.54, 1.807) is 12.1 Å². The number of esters is 2. The fourth-order valence-electron chi connectivity index (χ4n) is 2.73. The number of carbonyl (C=O) groups excluding carboxylic acids is 2. The molecular formula is C22H22O8. The predicted molar refractivity (Wildman–Crippen MR) is 103 cm³/mol. The summed E-state index contributed by atoms with van der Waals surface area (Å²) >= 11 is 0. The highest BCUT2D eigenvalue weighted by molar-refractivity contribution is 5.90. The van der Waals surface area contributed by atoms with Gasteiger partial charge >= 0.3 is 11.9 Å². The highest BCUT2D eigenvalue weighted by Gasteiger charge is 2.42. The molecule has 158 valence electrons. The highest BCUT2D eigenvalue weighted by Crippen LogP contribution is 2.28. The first-order chi connectivity index (χ1) is 14.6. The molecule has 1 heterocycles. The van der Waals surface area contributed by atoms with E-state index in [9.17, 15) is 19.8 Å². The van der Waals surface area contributed by atoms with Crippen LogP contribution in [0.2, 0.25) is 0 Å². The molecule has 1 aliphatic heterocycles. The Bertz CT molecular complexity index is 879. The maximum absolute atomic E-state index is 12.2. The standard InChI is InChI=1S/C22H22O8/c23-11-17(24)19-20(28-13-16-9-5-2-6-10-16)21(22(26)30-19)29-14-18(25)27-12-15-7-3-1-4-8-15/h1-10,17,19,23-24H,11-14H2/t17-,19+/m0/s1. The Morgan fingerprint density at radius 2 is 1.57 bits per heavy atom. The average Bonchev–Trinajstić information content (AvgIpc) is 3.10. The van der Waals surface area contributed by atoms with Crippen molar-refractivity contribution < 1.29 is 38.7 Å². The second-order valence-electron chi connectivity index (χ2n) is 6.48. The van der Waals surface area contributed by atoms with E-state index in [1.807, 2.05) is 48.5 Å². The van der Waals surface area contributed by atoms with E-state index in [4.69, 9.17) is 18.9 Å². The summed E-state index contributed by atoms with van der Waals surface area (Å²) in [6, 6.07) is 18.2. The summed E-state index contributed by atoms with van der Waals surface area (Å²) in [7, 11) is 0. The van der Waals surface area contributed by atoms with Crippen molar-refractivity contribution in [1.82, 2.24) is 0 Å². The summed E-state index contributed by atoms with van der Waals surface area (Å²) in [5.41, 5.74) is 1.62. The second-order valence-corrected chi connectivity index (χ2v) is 6.48. The lowest BCUT2D eigenvalue weighted by atomic mass is 10.2. The van der Waals surface area contributed by atoms with Gasteiger partial charge in [0.05, 0.1) is 6.61 Å². The number of benzene rings is 2. The van der Waals surface area contributed by atoms with Crippen LogP contribution in [0.25, 0.3) is 0 Å². The topological polar surface area (TPSA) is 112 Å². The van der Waals surface area contributed by atoms with Crippen molar-refractivity contribution in [3.05, 3.63) is 83.3 Å². The number of hydrogen-bond acceptors (Lipinski definition) is 8. The Hall–Kier alpha value is -3.36. The third-order valence-electron chi connectivity index (χ3n) is 4.25. The molecule has 0 saturated heterocycles. The van der Waals surface area contributed by atoms with E-state index in [1.165, 1.54) is 0 Å². The van der Waals surface area contributed by atoms with Gasteiger partial charge in [-0.25, -0.2) is 9.59 Å². The molecule has 0 spiro atoms. The Kier molecular flexibility index (Phi) is 7.42. The van der Waals surface area contributed by atoms with Crippen LogP contribution >= 0.6 is 0 Å². The summed E-state index contributed by atoms with van der Waals surface area (Å²) in [5.74, 6) is -2.00. The van der Waals surface area contributed by atoms with Gasteiger partial charge in [0, 0.05) is 0 Å². The van der Waals surface area contributed by atoms with Gasteiger partial charge in [-0.1, -0.05) is 60.7 Å². The molecule has 3 rings (SSSR count). The van der Waals surface area contributed by atoms with Crippen LogP contribution in [-0.2, 0) is 41.8 Å². The molecule has 0 aliphatic carbocycles. The lowest BCUT2D eigenvalue weighted by Gasteiger charge is -2.18. The van der Waals surface area contributed by atoms with E-state index in [0.717, 1.165) is 11.1 Å². The van der Waals surface area contributed by atoms with Crippen molar-refractivity contribution in [3.8, 4) is 0 Å². The molecule has 1 aliphatic rings. The molecule has 0 saturated carbocycles. The Morgan fingerprint density at radius 3 is 2.17 bits per heavy atom. The fourth-order valence-corrected chi connectivity index (χ4v) is 2.73. The van der Waals surface area contributed by atoms with Gasteiger partial charge in [-0.15, -0.1) is 0 Å². The second kappa shape index (κ2) is 10.4. The number of hydrogen-bond donors (Lipinski definition) is 2. The Balaban J connectivity index is 1.65. The number of rotatable bonds is 10. The van der Waals surface area contributed by atoms with Crippen molar-refractivity contribution in [2.75, 3.05) is 13.2 Å². The molecule has 0 fully saturated rings. The van der Waals surface area contributed by atoms with Crippen molar-refractivity contribution >= 4 is 11.9 Å². The van der Waals surface area contributed by atoms with Crippen LogP contribution in [0.4, 0.5) is 0 Å². The van der Waals surface area contributed by atoms with Gasteiger partial charge in [-0.05, 0) is 11.1 Å². The van der Waals surface area contributed by atoms with E-state index < -0.39 is 37.4 Å². The molecule has 2 aromatic carbocycles. The highest BCUT2D eigenvalue weighted by atomic mass is 16.6. The van der Waals surface area contributed by atoms with Gasteiger partial charge in [0.2, 0.25) is 5.76 Å². The van der Waals surface area contributed by atoms with E-state index in [2.05, 4.69) is 0 Å². The minimum absolute atomic E-state index is 0.0652. The lowest BCUT2D eigenvalue weighted by molar-refractivity contribution is -0.152. The monoisotopic (exact) mass is 414 g/mol. The first-order valence-electron chi connectivity index (χ1n) is 9.31. The summed E-state index contributed by atoms with van der Waals surface area (Å²) < 4.78 is 21.1. The molecule has 0 amide bonds. The van der Waals surface area contributed by atoms with Crippen molar-refractivity contribution in [2.24, 2.45) is 0 Å². The van der Waals surface area contributed by atoms with Crippen molar-refractivity contribution in [1.29, 1.82) is 0 Å². The van der Waals surface area contributed by atoms with Gasteiger partial charge in [0.1, 0.15) is 19.3 Å². The van der Waals surface area contributed by atoms with Crippen molar-refractivity contribution in [2.45, 2.75) is 25.4 Å². The molecular weight excluding hydrogens is 392 g/mol. The predicted octanol–water partition coefficient (Wildman–Crippen LogP) is 1.45. The summed E-state index contributed by atoms with van der Waals surface area (Å²) in [5, 5.41) is 19.2. The minimum Gasteiger partial charge on any atom is -0.485 e. The number of aliphatic hydroxyl groups is 2. The van der Waals surface area contributed by atoms with Crippen LogP contribution in [0, 0.1) is 0 Å². The summed E-state index contributed by atoms with van der Waals surface area (Å²) in [4.78, 5) is 24.2. The molecule has 0 aromatic heterocycles. The zero-order valence-corrected chi connectivity index (χ0v) is 16.1. The van der Waals surface area contributed by atoms with E-state index in [0.29, 0.717) is 0 Å². The molecule has 0 unspecified atom stereocenters.